The van der Waals surface area contributed by atoms with Gasteiger partial charge in [0, 0.05) is 12.6 Å². The van der Waals surface area contributed by atoms with Crippen LogP contribution in [-0.2, 0) is 0 Å². The Morgan fingerprint density at radius 2 is 2.06 bits per heavy atom. The molecular weight excluding hydrogens is 216 g/mol. The van der Waals surface area contributed by atoms with Crippen LogP contribution >= 0.6 is 0 Å². The van der Waals surface area contributed by atoms with Crippen LogP contribution in [0.2, 0.25) is 0 Å². The SMILES string of the molecule is C[C@H](O)CCNC(=O)N[C@@H]1CC[C@H](C)[C@@H](C)C1. The fraction of sp³-hybridized carbons (Fsp3) is 0.923. The number of rotatable bonds is 4. The van der Waals surface area contributed by atoms with Gasteiger partial charge < -0.3 is 15.7 Å². The molecule has 0 bridgehead atoms. The molecule has 4 heteroatoms. The molecule has 1 rings (SSSR count). The predicted octanol–water partition coefficient (Wildman–Crippen LogP) is 1.88. The monoisotopic (exact) mass is 242 g/mol. The summed E-state index contributed by atoms with van der Waals surface area (Å²) >= 11 is 0. The third-order valence-electron chi connectivity index (χ3n) is 3.78. The molecule has 0 radical (unpaired) electrons. The first-order valence-corrected chi connectivity index (χ1v) is 6.71. The number of urea groups is 1. The maximum absolute atomic E-state index is 11.6. The molecule has 0 aromatic rings. The lowest BCUT2D eigenvalue weighted by atomic mass is 9.79. The van der Waals surface area contributed by atoms with Gasteiger partial charge in [0.05, 0.1) is 6.10 Å². The van der Waals surface area contributed by atoms with Crippen LogP contribution in [-0.4, -0.2) is 29.8 Å². The minimum atomic E-state index is -0.356. The van der Waals surface area contributed by atoms with Crippen LogP contribution in [0.25, 0.3) is 0 Å². The topological polar surface area (TPSA) is 61.4 Å². The van der Waals surface area contributed by atoms with Crippen LogP contribution in [0.5, 0.6) is 0 Å². The van der Waals surface area contributed by atoms with E-state index in [4.69, 9.17) is 5.11 Å². The highest BCUT2D eigenvalue weighted by Crippen LogP contribution is 2.29. The van der Waals surface area contributed by atoms with E-state index in [0.717, 1.165) is 18.8 Å². The van der Waals surface area contributed by atoms with Crippen LogP contribution in [0.15, 0.2) is 0 Å². The highest BCUT2D eigenvalue weighted by Gasteiger charge is 2.25. The van der Waals surface area contributed by atoms with Gasteiger partial charge in [0.25, 0.3) is 0 Å². The van der Waals surface area contributed by atoms with Crippen LogP contribution in [0.4, 0.5) is 4.79 Å². The predicted molar refractivity (Wildman–Crippen MR) is 68.8 cm³/mol. The summed E-state index contributed by atoms with van der Waals surface area (Å²) in [4.78, 5) is 11.6. The van der Waals surface area contributed by atoms with Crippen molar-refractivity contribution in [3.05, 3.63) is 0 Å². The molecule has 2 amide bonds. The fourth-order valence-corrected chi connectivity index (χ4v) is 2.31. The molecule has 0 aromatic carbocycles. The van der Waals surface area contributed by atoms with Gasteiger partial charge in [-0.3, -0.25) is 0 Å². The quantitative estimate of drug-likeness (QED) is 0.705. The zero-order valence-electron chi connectivity index (χ0n) is 11.2. The first-order chi connectivity index (χ1) is 7.99. The summed E-state index contributed by atoms with van der Waals surface area (Å²) in [7, 11) is 0. The second-order valence-corrected chi connectivity index (χ2v) is 5.50. The zero-order valence-corrected chi connectivity index (χ0v) is 11.2. The van der Waals surface area contributed by atoms with Crippen LogP contribution in [0.1, 0.15) is 46.5 Å². The Morgan fingerprint density at radius 3 is 2.65 bits per heavy atom. The smallest absolute Gasteiger partial charge is 0.315 e. The third kappa shape index (κ3) is 5.39. The summed E-state index contributed by atoms with van der Waals surface area (Å²) in [6.07, 6.45) is 3.59. The van der Waals surface area contributed by atoms with Gasteiger partial charge in [0.1, 0.15) is 0 Å². The number of nitrogens with one attached hydrogen (secondary N) is 2. The summed E-state index contributed by atoms with van der Waals surface area (Å²) in [6.45, 7) is 6.79. The summed E-state index contributed by atoms with van der Waals surface area (Å²) in [5.74, 6) is 1.46. The van der Waals surface area contributed by atoms with Crippen molar-refractivity contribution in [1.82, 2.24) is 10.6 Å². The molecule has 3 N–H and O–H groups in total. The highest BCUT2D eigenvalue weighted by molar-refractivity contribution is 5.74. The van der Waals surface area contributed by atoms with Crippen molar-refractivity contribution in [2.75, 3.05) is 6.54 Å². The summed E-state index contributed by atoms with van der Waals surface area (Å²) in [6, 6.07) is 0.213. The number of aliphatic hydroxyl groups is 1. The summed E-state index contributed by atoms with van der Waals surface area (Å²) < 4.78 is 0. The molecule has 17 heavy (non-hydrogen) atoms. The van der Waals surface area contributed by atoms with Gasteiger partial charge in [0.15, 0.2) is 0 Å². The number of carbonyl (C=O) groups is 1. The van der Waals surface area contributed by atoms with Gasteiger partial charge in [0.2, 0.25) is 0 Å². The molecule has 0 unspecified atom stereocenters. The van der Waals surface area contributed by atoms with Crippen LogP contribution < -0.4 is 10.6 Å². The molecule has 1 aliphatic rings. The van der Waals surface area contributed by atoms with Crippen LogP contribution in [0.3, 0.4) is 0 Å². The van der Waals surface area contributed by atoms with Gasteiger partial charge in [-0.2, -0.15) is 0 Å². The van der Waals surface area contributed by atoms with Crippen molar-refractivity contribution >= 4 is 6.03 Å². The molecule has 1 saturated carbocycles. The second-order valence-electron chi connectivity index (χ2n) is 5.50. The van der Waals surface area contributed by atoms with E-state index in [1.54, 1.807) is 6.92 Å². The number of amides is 2. The van der Waals surface area contributed by atoms with Gasteiger partial charge in [-0.1, -0.05) is 13.8 Å². The molecule has 4 atom stereocenters. The fourth-order valence-electron chi connectivity index (χ4n) is 2.31. The lowest BCUT2D eigenvalue weighted by Gasteiger charge is -2.32. The molecule has 1 fully saturated rings. The van der Waals surface area contributed by atoms with E-state index in [0.29, 0.717) is 24.9 Å². The Labute approximate surface area is 104 Å². The Kier molecular flexibility index (Phi) is 5.75. The number of carbonyl (C=O) groups excluding carboxylic acids is 1. The van der Waals surface area contributed by atoms with Crippen molar-refractivity contribution in [1.29, 1.82) is 0 Å². The summed E-state index contributed by atoms with van der Waals surface area (Å²) in [5.41, 5.74) is 0. The first kappa shape index (κ1) is 14.3. The van der Waals surface area contributed by atoms with Crippen molar-refractivity contribution < 1.29 is 9.90 Å². The molecular formula is C13H26N2O2. The second kappa shape index (κ2) is 6.84. The van der Waals surface area contributed by atoms with Gasteiger partial charge in [-0.15, -0.1) is 0 Å². The Morgan fingerprint density at radius 1 is 1.35 bits per heavy atom. The maximum Gasteiger partial charge on any atom is 0.315 e. The van der Waals surface area contributed by atoms with E-state index in [2.05, 4.69) is 24.5 Å². The van der Waals surface area contributed by atoms with Crippen LogP contribution in [0, 0.1) is 11.8 Å². The highest BCUT2D eigenvalue weighted by atomic mass is 16.3. The molecule has 4 nitrogen and oxygen atoms in total. The number of aliphatic hydroxyl groups excluding tert-OH is 1. The van der Waals surface area contributed by atoms with E-state index in [-0.39, 0.29) is 12.1 Å². The van der Waals surface area contributed by atoms with E-state index in [1.165, 1.54) is 6.42 Å². The Hall–Kier alpha value is -0.770. The maximum atomic E-state index is 11.6. The van der Waals surface area contributed by atoms with Crippen molar-refractivity contribution in [3.8, 4) is 0 Å². The average Bonchev–Trinajstić information content (AvgIpc) is 2.23. The van der Waals surface area contributed by atoms with E-state index in [9.17, 15) is 4.79 Å². The number of hydrogen-bond donors (Lipinski definition) is 3. The molecule has 0 aliphatic heterocycles. The molecule has 0 saturated heterocycles. The third-order valence-corrected chi connectivity index (χ3v) is 3.78. The Balaban J connectivity index is 2.18. The zero-order chi connectivity index (χ0) is 12.8. The van der Waals surface area contributed by atoms with Gasteiger partial charge in [-0.25, -0.2) is 4.79 Å². The summed E-state index contributed by atoms with van der Waals surface area (Å²) in [5, 5.41) is 14.9. The minimum absolute atomic E-state index is 0.0996. The van der Waals surface area contributed by atoms with E-state index < -0.39 is 0 Å². The first-order valence-electron chi connectivity index (χ1n) is 6.71. The van der Waals surface area contributed by atoms with E-state index >= 15 is 0 Å². The van der Waals surface area contributed by atoms with Crippen molar-refractivity contribution in [3.63, 3.8) is 0 Å². The van der Waals surface area contributed by atoms with Crippen molar-refractivity contribution in [2.45, 2.75) is 58.6 Å². The largest absolute Gasteiger partial charge is 0.393 e. The standard InChI is InChI=1S/C13H26N2O2/c1-9-4-5-12(8-10(9)2)15-13(17)14-7-6-11(3)16/h9-12,16H,4-8H2,1-3H3,(H2,14,15,17)/t9-,10-,11-,12+/m0/s1. The molecule has 0 spiro atoms. The number of hydrogen-bond acceptors (Lipinski definition) is 2. The van der Waals surface area contributed by atoms with E-state index in [1.807, 2.05) is 0 Å². The lowest BCUT2D eigenvalue weighted by Crippen LogP contribution is -2.45. The molecule has 1 aliphatic carbocycles. The Bertz CT molecular complexity index is 244. The molecule has 0 aromatic heterocycles. The molecule has 0 heterocycles. The van der Waals surface area contributed by atoms with Gasteiger partial charge in [-0.05, 0) is 44.4 Å². The average molecular weight is 242 g/mol. The molecule has 100 valence electrons. The van der Waals surface area contributed by atoms with Gasteiger partial charge >= 0.3 is 6.03 Å². The minimum Gasteiger partial charge on any atom is -0.393 e. The lowest BCUT2D eigenvalue weighted by molar-refractivity contribution is 0.181. The van der Waals surface area contributed by atoms with Crippen molar-refractivity contribution in [2.24, 2.45) is 11.8 Å². The normalized spacial score (nSPS) is 30.7.